The lowest BCUT2D eigenvalue weighted by atomic mass is 9.72. The molecule has 0 bridgehead atoms. The fourth-order valence-electron chi connectivity index (χ4n) is 13.9. The van der Waals surface area contributed by atoms with Gasteiger partial charge in [0.2, 0.25) is 0 Å². The van der Waals surface area contributed by atoms with Crippen LogP contribution in [0, 0.1) is 0 Å². The van der Waals surface area contributed by atoms with Crippen molar-refractivity contribution in [2.45, 2.75) is 57.8 Å². The molecule has 3 aliphatic carbocycles. The number of hydrogen-bond donors (Lipinski definition) is 0. The first-order valence-corrected chi connectivity index (χ1v) is 25.5. The standard InChI is InChI=1S/C68H48N2O3/c1-66(2)50-33-38(24-27-44(50)57-52(66)36-48(37-29-31-69-32-30-37)64-59(57)46-17-9-13-21-54(46)72-64)70(40-23-26-42-41-15-8-12-20-53(41)71-56(42)35-40)39-25-28-45-51(34-39)68(5,6)63-61(45)65-60(47-18-10-14-22-55(47)73-65)58-43-16-7-11-19-49(43)67(3,4)62(58)63/h7-36H,1-6H3. The third-order valence-corrected chi connectivity index (χ3v) is 17.3. The molecule has 5 nitrogen and oxygen atoms in total. The fourth-order valence-corrected chi connectivity index (χ4v) is 13.9. The predicted octanol–water partition coefficient (Wildman–Crippen LogP) is 18.8. The van der Waals surface area contributed by atoms with E-state index in [1.54, 1.807) is 0 Å². The summed E-state index contributed by atoms with van der Waals surface area (Å²) < 4.78 is 20.5. The van der Waals surface area contributed by atoms with Gasteiger partial charge in [0.25, 0.3) is 0 Å². The number of rotatable bonds is 4. The molecule has 0 fully saturated rings. The molecule has 0 aliphatic heterocycles. The SMILES string of the molecule is CC1(C)c2cc(N(c3ccc4c(c3)C(C)(C)c3c5c(c6c(oc7ccccc76)c3-4)-c3ccccc3C5(C)C)c3ccc4c(c3)oc3ccccc34)ccc2-c2c1cc(-c1ccncc1)c1oc3ccccc3c21. The lowest BCUT2D eigenvalue weighted by Gasteiger charge is -2.32. The maximum atomic E-state index is 7.07. The van der Waals surface area contributed by atoms with Gasteiger partial charge >= 0.3 is 0 Å². The second-order valence-corrected chi connectivity index (χ2v) is 22.2. The summed E-state index contributed by atoms with van der Waals surface area (Å²) in [6.45, 7) is 14.4. The number of pyridine rings is 1. The summed E-state index contributed by atoms with van der Waals surface area (Å²) in [5.74, 6) is 0. The van der Waals surface area contributed by atoms with Gasteiger partial charge in [0, 0.05) is 95.2 Å². The highest BCUT2D eigenvalue weighted by molar-refractivity contribution is 6.22. The van der Waals surface area contributed by atoms with E-state index in [1.807, 2.05) is 18.5 Å². The number of fused-ring (bicyclic) bond motifs is 22. The lowest BCUT2D eigenvalue weighted by molar-refractivity contribution is 0.600. The molecule has 5 heteroatoms. The number of aromatic nitrogens is 1. The quantitative estimate of drug-likeness (QED) is 0.176. The summed E-state index contributed by atoms with van der Waals surface area (Å²) in [5.41, 5.74) is 25.3. The maximum Gasteiger partial charge on any atom is 0.144 e. The molecule has 73 heavy (non-hydrogen) atoms. The molecule has 0 radical (unpaired) electrons. The van der Waals surface area contributed by atoms with Gasteiger partial charge < -0.3 is 18.2 Å². The van der Waals surface area contributed by atoms with Crippen LogP contribution in [0.4, 0.5) is 17.1 Å². The summed E-state index contributed by atoms with van der Waals surface area (Å²) in [6.07, 6.45) is 3.73. The zero-order valence-corrected chi connectivity index (χ0v) is 41.4. The zero-order valence-electron chi connectivity index (χ0n) is 41.4. The van der Waals surface area contributed by atoms with E-state index < -0.39 is 0 Å². The van der Waals surface area contributed by atoms with Crippen molar-refractivity contribution in [2.75, 3.05) is 4.90 Å². The monoisotopic (exact) mass is 940 g/mol. The van der Waals surface area contributed by atoms with E-state index in [9.17, 15) is 0 Å². The average Bonchev–Trinajstić information content (AvgIpc) is 4.35. The van der Waals surface area contributed by atoms with Crippen LogP contribution in [0.15, 0.2) is 196 Å². The number of anilines is 3. The second-order valence-electron chi connectivity index (χ2n) is 22.2. The molecule has 0 unspecified atom stereocenters. The Morgan fingerprint density at radius 1 is 0.356 bits per heavy atom. The van der Waals surface area contributed by atoms with Crippen LogP contribution in [0.25, 0.3) is 110 Å². The molecular weight excluding hydrogens is 893 g/mol. The lowest BCUT2D eigenvalue weighted by Crippen LogP contribution is -2.24. The maximum absolute atomic E-state index is 7.07. The third-order valence-electron chi connectivity index (χ3n) is 17.3. The van der Waals surface area contributed by atoms with Crippen LogP contribution in [-0.2, 0) is 16.2 Å². The first-order chi connectivity index (χ1) is 35.5. The number of para-hydroxylation sites is 3. The highest BCUT2D eigenvalue weighted by Crippen LogP contribution is 2.64. The highest BCUT2D eigenvalue weighted by atomic mass is 16.3. The molecule has 13 aromatic rings. The molecule has 0 spiro atoms. The van der Waals surface area contributed by atoms with E-state index in [2.05, 4.69) is 215 Å². The number of nitrogens with zero attached hydrogens (tertiary/aromatic N) is 2. The molecule has 0 saturated heterocycles. The second kappa shape index (κ2) is 13.8. The van der Waals surface area contributed by atoms with E-state index >= 15 is 0 Å². The van der Waals surface area contributed by atoms with E-state index in [1.165, 1.54) is 72.1 Å². The van der Waals surface area contributed by atoms with Crippen molar-refractivity contribution >= 4 is 82.9 Å². The highest BCUT2D eigenvalue weighted by Gasteiger charge is 2.49. The smallest absolute Gasteiger partial charge is 0.144 e. The van der Waals surface area contributed by atoms with Crippen LogP contribution < -0.4 is 4.90 Å². The largest absolute Gasteiger partial charge is 0.456 e. The molecule has 0 saturated carbocycles. The van der Waals surface area contributed by atoms with Crippen molar-refractivity contribution in [3.8, 4) is 44.5 Å². The van der Waals surface area contributed by atoms with Crippen LogP contribution >= 0.6 is 0 Å². The Balaban J connectivity index is 0.934. The Bertz CT molecular complexity index is 4600. The molecule has 4 aromatic heterocycles. The average molecular weight is 941 g/mol. The van der Waals surface area contributed by atoms with Crippen LogP contribution in [0.3, 0.4) is 0 Å². The van der Waals surface area contributed by atoms with Gasteiger partial charge in [-0.2, -0.15) is 0 Å². The minimum Gasteiger partial charge on any atom is -0.456 e. The van der Waals surface area contributed by atoms with Gasteiger partial charge in [0.05, 0.1) is 0 Å². The molecule has 9 aromatic carbocycles. The Hall–Kier alpha value is -8.67. The van der Waals surface area contributed by atoms with Crippen molar-refractivity contribution in [3.63, 3.8) is 0 Å². The van der Waals surface area contributed by atoms with E-state index in [0.717, 1.165) is 88.6 Å². The topological polar surface area (TPSA) is 55.6 Å². The summed E-state index contributed by atoms with van der Waals surface area (Å²) in [4.78, 5) is 6.81. The van der Waals surface area contributed by atoms with Crippen molar-refractivity contribution in [1.29, 1.82) is 0 Å². The van der Waals surface area contributed by atoms with Gasteiger partial charge in [-0.3, -0.25) is 4.98 Å². The normalized spacial score (nSPS) is 15.3. The molecule has 16 rings (SSSR count). The van der Waals surface area contributed by atoms with Gasteiger partial charge in [-0.15, -0.1) is 0 Å². The minimum absolute atomic E-state index is 0.235. The van der Waals surface area contributed by atoms with Crippen LogP contribution in [0.1, 0.15) is 74.9 Å². The first-order valence-electron chi connectivity index (χ1n) is 25.5. The Labute approximate surface area is 421 Å². The predicted molar refractivity (Wildman–Crippen MR) is 299 cm³/mol. The molecule has 0 atom stereocenters. The molecule has 0 N–H and O–H groups in total. The third kappa shape index (κ3) is 5.19. The Morgan fingerprint density at radius 3 is 1.58 bits per heavy atom. The number of furan rings is 3. The summed E-state index contributed by atoms with van der Waals surface area (Å²) in [6, 6.07) is 61.9. The molecular formula is C68H48N2O3. The number of benzene rings is 9. The van der Waals surface area contributed by atoms with Crippen molar-refractivity contribution in [2.24, 2.45) is 0 Å². The summed E-state index contributed by atoms with van der Waals surface area (Å²) in [5, 5.41) is 6.87. The van der Waals surface area contributed by atoms with Gasteiger partial charge in [0.15, 0.2) is 0 Å². The van der Waals surface area contributed by atoms with Gasteiger partial charge in [-0.25, -0.2) is 0 Å². The summed E-state index contributed by atoms with van der Waals surface area (Å²) >= 11 is 0. The first kappa shape index (κ1) is 41.0. The van der Waals surface area contributed by atoms with Crippen molar-refractivity contribution in [3.05, 3.63) is 216 Å². The molecule has 0 amide bonds. The minimum atomic E-state index is -0.377. The van der Waals surface area contributed by atoms with E-state index in [-0.39, 0.29) is 16.2 Å². The van der Waals surface area contributed by atoms with Gasteiger partial charge in [0.1, 0.15) is 33.5 Å². The molecule has 3 aliphatic rings. The number of hydrogen-bond acceptors (Lipinski definition) is 5. The molecule has 348 valence electrons. The Kier molecular flexibility index (Phi) is 7.77. The van der Waals surface area contributed by atoms with Crippen LogP contribution in [0.5, 0.6) is 0 Å². The van der Waals surface area contributed by atoms with Crippen LogP contribution in [0.2, 0.25) is 0 Å². The molecule has 4 heterocycles. The van der Waals surface area contributed by atoms with Gasteiger partial charge in [-0.1, -0.05) is 133 Å². The van der Waals surface area contributed by atoms with E-state index in [4.69, 9.17) is 13.3 Å². The van der Waals surface area contributed by atoms with Crippen molar-refractivity contribution in [1.82, 2.24) is 4.98 Å². The van der Waals surface area contributed by atoms with Gasteiger partial charge in [-0.05, 0) is 140 Å². The fraction of sp³-hybridized carbons (Fsp3) is 0.132. The Morgan fingerprint density at radius 2 is 0.863 bits per heavy atom. The van der Waals surface area contributed by atoms with Crippen molar-refractivity contribution < 1.29 is 13.3 Å². The zero-order chi connectivity index (χ0) is 48.9. The summed E-state index contributed by atoms with van der Waals surface area (Å²) in [7, 11) is 0. The van der Waals surface area contributed by atoms with E-state index in [0.29, 0.717) is 0 Å². The van der Waals surface area contributed by atoms with Crippen LogP contribution in [-0.4, -0.2) is 4.98 Å².